The van der Waals surface area contributed by atoms with E-state index in [0.29, 0.717) is 31.5 Å². The van der Waals surface area contributed by atoms with E-state index in [9.17, 15) is 13.0 Å². The highest BCUT2D eigenvalue weighted by Crippen LogP contribution is 2.42. The fourth-order valence-electron chi connectivity index (χ4n) is 3.45. The highest BCUT2D eigenvalue weighted by atomic mass is 35.5. The van der Waals surface area contributed by atoms with Gasteiger partial charge < -0.3 is 4.55 Å². The second-order valence-electron chi connectivity index (χ2n) is 6.26. The quantitative estimate of drug-likeness (QED) is 0.364. The fraction of sp³-hybridized carbons (Fsp3) is 0.0476. The average molecular weight is 465 g/mol. The molecule has 1 N–H and O–H groups in total. The van der Waals surface area contributed by atoms with Crippen LogP contribution in [0.1, 0.15) is 0 Å². The van der Waals surface area contributed by atoms with Crippen LogP contribution in [-0.4, -0.2) is 20.1 Å². The molecule has 148 valence electrons. The SMILES string of the molecule is COS(=O)c1ccc2cc(Cl)ccc2c1-c1c(S(=O)O)ccc2cc(Cl)ccc12. The van der Waals surface area contributed by atoms with Crippen LogP contribution < -0.4 is 0 Å². The Balaban J connectivity index is 2.24. The van der Waals surface area contributed by atoms with Gasteiger partial charge in [0.2, 0.25) is 0 Å². The van der Waals surface area contributed by atoms with Crippen LogP contribution in [-0.2, 0) is 26.3 Å². The third-order valence-electron chi connectivity index (χ3n) is 4.66. The molecule has 0 aliphatic heterocycles. The molecule has 0 spiro atoms. The van der Waals surface area contributed by atoms with Crippen molar-refractivity contribution >= 4 is 66.9 Å². The van der Waals surface area contributed by atoms with Gasteiger partial charge in [-0.15, -0.1) is 0 Å². The molecule has 2 unspecified atom stereocenters. The van der Waals surface area contributed by atoms with Gasteiger partial charge in [-0.2, -0.15) is 0 Å². The fourth-order valence-corrected chi connectivity index (χ4v) is 5.12. The Bertz CT molecular complexity index is 1320. The minimum absolute atomic E-state index is 0.205. The normalized spacial score (nSPS) is 13.7. The molecule has 8 heteroatoms. The van der Waals surface area contributed by atoms with Crippen LogP contribution >= 0.6 is 23.2 Å². The van der Waals surface area contributed by atoms with Gasteiger partial charge in [-0.1, -0.05) is 47.5 Å². The molecule has 0 fully saturated rings. The predicted molar refractivity (Wildman–Crippen MR) is 119 cm³/mol. The van der Waals surface area contributed by atoms with E-state index in [-0.39, 0.29) is 4.90 Å². The van der Waals surface area contributed by atoms with Crippen molar-refractivity contribution in [3.63, 3.8) is 0 Å². The second-order valence-corrected chi connectivity index (χ2v) is 9.31. The molecule has 4 nitrogen and oxygen atoms in total. The van der Waals surface area contributed by atoms with Crippen molar-refractivity contribution in [2.75, 3.05) is 7.11 Å². The summed E-state index contributed by atoms with van der Waals surface area (Å²) in [6, 6.07) is 17.4. The molecule has 2 atom stereocenters. The van der Waals surface area contributed by atoms with Gasteiger partial charge in [-0.25, -0.2) is 8.42 Å². The summed E-state index contributed by atoms with van der Waals surface area (Å²) in [5.74, 6) is 0. The first-order valence-electron chi connectivity index (χ1n) is 8.42. The molecule has 0 amide bonds. The summed E-state index contributed by atoms with van der Waals surface area (Å²) in [5, 5.41) is 4.16. The van der Waals surface area contributed by atoms with Gasteiger partial charge in [-0.05, 0) is 57.9 Å². The lowest BCUT2D eigenvalue weighted by atomic mass is 9.93. The van der Waals surface area contributed by atoms with Gasteiger partial charge in [-0.3, -0.25) is 4.18 Å². The zero-order valence-corrected chi connectivity index (χ0v) is 18.2. The molecule has 0 aromatic heterocycles. The van der Waals surface area contributed by atoms with E-state index in [1.807, 2.05) is 6.07 Å². The van der Waals surface area contributed by atoms with E-state index in [1.54, 1.807) is 54.6 Å². The Morgan fingerprint density at radius 1 is 0.759 bits per heavy atom. The van der Waals surface area contributed by atoms with E-state index >= 15 is 0 Å². The van der Waals surface area contributed by atoms with Crippen molar-refractivity contribution in [3.05, 3.63) is 70.7 Å². The minimum atomic E-state index is -2.27. The van der Waals surface area contributed by atoms with Crippen molar-refractivity contribution in [1.82, 2.24) is 0 Å². The highest BCUT2D eigenvalue weighted by molar-refractivity contribution is 7.80. The second kappa shape index (κ2) is 8.14. The maximum atomic E-state index is 12.7. The first-order valence-corrected chi connectivity index (χ1v) is 11.4. The molecule has 0 saturated heterocycles. The zero-order chi connectivity index (χ0) is 20.7. The molecule has 0 saturated carbocycles. The third-order valence-corrected chi connectivity index (χ3v) is 6.85. The smallest absolute Gasteiger partial charge is 0.189 e. The van der Waals surface area contributed by atoms with Gasteiger partial charge >= 0.3 is 0 Å². The van der Waals surface area contributed by atoms with Crippen molar-refractivity contribution in [2.24, 2.45) is 0 Å². The van der Waals surface area contributed by atoms with Gasteiger partial charge in [0.25, 0.3) is 0 Å². The molecule has 4 rings (SSSR count). The lowest BCUT2D eigenvalue weighted by Gasteiger charge is -2.17. The van der Waals surface area contributed by atoms with Crippen molar-refractivity contribution in [2.45, 2.75) is 9.79 Å². The van der Waals surface area contributed by atoms with Gasteiger partial charge in [0.05, 0.1) is 16.9 Å². The molecular weight excluding hydrogens is 451 g/mol. The summed E-state index contributed by atoms with van der Waals surface area (Å²) in [6.45, 7) is 0. The van der Waals surface area contributed by atoms with Gasteiger partial charge in [0, 0.05) is 21.2 Å². The summed E-state index contributed by atoms with van der Waals surface area (Å²) in [7, 11) is 1.35. The Kier molecular flexibility index (Phi) is 5.75. The maximum absolute atomic E-state index is 12.7. The van der Waals surface area contributed by atoms with Crippen LogP contribution in [0.5, 0.6) is 0 Å². The molecule has 4 aromatic carbocycles. The average Bonchev–Trinajstić information content (AvgIpc) is 2.71. The topological polar surface area (TPSA) is 63.6 Å². The number of hydrogen-bond donors (Lipinski definition) is 1. The van der Waals surface area contributed by atoms with Crippen molar-refractivity contribution in [1.29, 1.82) is 0 Å². The van der Waals surface area contributed by atoms with E-state index < -0.39 is 22.2 Å². The highest BCUT2D eigenvalue weighted by Gasteiger charge is 2.22. The Hall–Kier alpha value is -1.80. The summed E-state index contributed by atoms with van der Waals surface area (Å²) >= 11 is 8.25. The molecular formula is C21H14Cl2O4S2. The van der Waals surface area contributed by atoms with Crippen LogP contribution in [0.25, 0.3) is 32.7 Å². The Morgan fingerprint density at radius 2 is 1.24 bits per heavy atom. The number of halogens is 2. The summed E-state index contributed by atoms with van der Waals surface area (Å²) in [4.78, 5) is 0.605. The maximum Gasteiger partial charge on any atom is 0.189 e. The standard InChI is InChI=1S/C21H14Cl2O4S2/c1-27-29(26)19-9-3-13-11-15(23)5-7-17(13)21(19)20-16-6-4-14(22)10-12(16)2-8-18(20)28(24)25/h2-11H,1H3,(H,24,25). The molecule has 0 aliphatic carbocycles. The predicted octanol–water partition coefficient (Wildman–Crippen LogP) is 6.22. The first kappa shape index (κ1) is 20.5. The summed E-state index contributed by atoms with van der Waals surface area (Å²) in [6.07, 6.45) is 0. The lowest BCUT2D eigenvalue weighted by Crippen LogP contribution is -2.01. The lowest BCUT2D eigenvalue weighted by molar-refractivity contribution is 0.446. The van der Waals surface area contributed by atoms with Crippen molar-refractivity contribution < 1.29 is 17.2 Å². The molecule has 0 bridgehead atoms. The zero-order valence-electron chi connectivity index (χ0n) is 15.0. The third kappa shape index (κ3) is 3.72. The van der Waals surface area contributed by atoms with E-state index in [2.05, 4.69) is 0 Å². The monoisotopic (exact) mass is 464 g/mol. The van der Waals surface area contributed by atoms with E-state index in [1.165, 1.54) is 7.11 Å². The van der Waals surface area contributed by atoms with Gasteiger partial charge in [0.15, 0.2) is 22.2 Å². The summed E-state index contributed by atoms with van der Waals surface area (Å²) in [5.41, 5.74) is 1.07. The Labute approximate surface area is 182 Å². The van der Waals surface area contributed by atoms with E-state index in [0.717, 1.165) is 16.2 Å². The van der Waals surface area contributed by atoms with Crippen LogP contribution in [0.15, 0.2) is 70.5 Å². The number of rotatable bonds is 4. The van der Waals surface area contributed by atoms with Crippen LogP contribution in [0.3, 0.4) is 0 Å². The number of benzene rings is 4. The van der Waals surface area contributed by atoms with Crippen LogP contribution in [0.2, 0.25) is 10.0 Å². The summed E-state index contributed by atoms with van der Waals surface area (Å²) < 4.78 is 40.0. The van der Waals surface area contributed by atoms with Crippen LogP contribution in [0, 0.1) is 0 Å². The van der Waals surface area contributed by atoms with Crippen molar-refractivity contribution in [3.8, 4) is 11.1 Å². The van der Waals surface area contributed by atoms with E-state index in [4.69, 9.17) is 27.4 Å². The molecule has 4 aromatic rings. The van der Waals surface area contributed by atoms with Crippen LogP contribution in [0.4, 0.5) is 0 Å². The molecule has 0 radical (unpaired) electrons. The number of fused-ring (bicyclic) bond motifs is 2. The van der Waals surface area contributed by atoms with Gasteiger partial charge in [0.1, 0.15) is 0 Å². The largest absolute Gasteiger partial charge is 0.302 e. The molecule has 0 aliphatic rings. The minimum Gasteiger partial charge on any atom is -0.302 e. The Morgan fingerprint density at radius 3 is 1.72 bits per heavy atom. The molecule has 29 heavy (non-hydrogen) atoms. The number of hydrogen-bond acceptors (Lipinski definition) is 3. The molecule has 0 heterocycles. The first-order chi connectivity index (χ1) is 13.9.